The van der Waals surface area contributed by atoms with Gasteiger partial charge in [0.15, 0.2) is 0 Å². The molecule has 0 spiro atoms. The predicted octanol–water partition coefficient (Wildman–Crippen LogP) is 3.30. The first kappa shape index (κ1) is 16.9. The third kappa shape index (κ3) is 3.68. The number of benzene rings is 1. The fourth-order valence-electron chi connectivity index (χ4n) is 3.15. The minimum Gasteiger partial charge on any atom is -0.472 e. The summed E-state index contributed by atoms with van der Waals surface area (Å²) in [5, 5.41) is 4.48. The lowest BCUT2D eigenvalue weighted by molar-refractivity contribution is -0.128. The molecule has 2 aliphatic rings. The first-order chi connectivity index (χ1) is 12.7. The van der Waals surface area contributed by atoms with Gasteiger partial charge in [-0.2, -0.15) is 0 Å². The molecule has 0 N–H and O–H groups in total. The highest BCUT2D eigenvalue weighted by molar-refractivity contribution is 6.22. The van der Waals surface area contributed by atoms with Gasteiger partial charge in [-0.25, -0.2) is 0 Å². The number of allylic oxidation sites excluding steroid dienone is 2. The molecule has 1 aromatic heterocycles. The molecule has 0 fully saturated rings. The minimum absolute atomic E-state index is 0.0151. The lowest BCUT2D eigenvalue weighted by atomic mass is 10.1. The average Bonchev–Trinajstić information content (AvgIpc) is 3.09. The summed E-state index contributed by atoms with van der Waals surface area (Å²) in [6, 6.07) is 11.9. The van der Waals surface area contributed by atoms with Crippen LogP contribution in [0.4, 0.5) is 0 Å². The highest BCUT2D eigenvalue weighted by atomic mass is 35.5. The smallest absolute Gasteiger partial charge is 0.253 e. The van der Waals surface area contributed by atoms with E-state index in [1.165, 1.54) is 0 Å². The summed E-state index contributed by atoms with van der Waals surface area (Å²) in [5.41, 5.74) is 2.81. The molecule has 0 radical (unpaired) electrons. The van der Waals surface area contributed by atoms with Crippen molar-refractivity contribution in [1.29, 1.82) is 0 Å². The number of carbonyl (C=O) groups excluding carboxylic acids is 1. The van der Waals surface area contributed by atoms with Crippen LogP contribution in [0.5, 0.6) is 5.88 Å². The summed E-state index contributed by atoms with van der Waals surface area (Å²) in [6.07, 6.45) is 6.31. The second-order valence-corrected chi connectivity index (χ2v) is 7.03. The van der Waals surface area contributed by atoms with E-state index in [1.807, 2.05) is 64.2 Å². The third-order valence-electron chi connectivity index (χ3n) is 4.59. The number of amides is 1. The lowest BCUT2D eigenvalue weighted by Gasteiger charge is -2.28. The van der Waals surface area contributed by atoms with E-state index in [-0.39, 0.29) is 11.3 Å². The maximum Gasteiger partial charge on any atom is 0.253 e. The van der Waals surface area contributed by atoms with E-state index in [1.54, 1.807) is 0 Å². The molecule has 1 amide bonds. The largest absolute Gasteiger partial charge is 0.472 e. The quantitative estimate of drug-likeness (QED) is 0.777. The molecule has 134 valence electrons. The molecule has 5 nitrogen and oxygen atoms in total. The molecule has 0 saturated carbocycles. The number of fused-ring (bicyclic) bond motifs is 1. The molecule has 1 unspecified atom stereocenters. The fraction of sp³-hybridized carbons (Fsp3) is 0.300. The molecular weight excluding hydrogens is 350 g/mol. The Morgan fingerprint density at radius 1 is 1.27 bits per heavy atom. The number of aromatic nitrogens is 2. The van der Waals surface area contributed by atoms with E-state index in [0.29, 0.717) is 38.5 Å². The van der Waals surface area contributed by atoms with Crippen LogP contribution in [-0.2, 0) is 24.5 Å². The minimum atomic E-state index is -0.0151. The van der Waals surface area contributed by atoms with Crippen molar-refractivity contribution in [3.8, 4) is 5.88 Å². The Labute approximate surface area is 157 Å². The Bertz CT molecular complexity index is 857. The first-order valence-corrected chi connectivity index (χ1v) is 9.18. The monoisotopic (exact) mass is 369 g/mol. The molecule has 1 aliphatic heterocycles. The SMILES string of the molecule is O=C(C1=CCC(Cl)C=C1)N1CCn2nc(OCc3ccccc3)cc2C1. The standard InChI is InChI=1S/C20H20ClN3O2/c21-17-8-6-16(7-9-17)20(25)23-10-11-24-18(13-23)12-19(22-24)26-14-15-4-2-1-3-5-15/h1-8,12,17H,9-11,13-14H2. The van der Waals surface area contributed by atoms with Gasteiger partial charge < -0.3 is 9.64 Å². The molecular formula is C20H20ClN3O2. The van der Waals surface area contributed by atoms with Gasteiger partial charge in [-0.15, -0.1) is 16.7 Å². The number of nitrogens with zero attached hydrogens (tertiary/aromatic N) is 3. The Morgan fingerprint density at radius 2 is 2.12 bits per heavy atom. The fourth-order valence-corrected chi connectivity index (χ4v) is 3.31. The Balaban J connectivity index is 1.40. The third-order valence-corrected chi connectivity index (χ3v) is 4.91. The number of ether oxygens (including phenoxy) is 1. The van der Waals surface area contributed by atoms with Crippen molar-refractivity contribution < 1.29 is 9.53 Å². The van der Waals surface area contributed by atoms with Gasteiger partial charge in [0.2, 0.25) is 5.88 Å². The maximum absolute atomic E-state index is 12.7. The zero-order valence-electron chi connectivity index (χ0n) is 14.3. The van der Waals surface area contributed by atoms with E-state index >= 15 is 0 Å². The molecule has 4 rings (SSSR count). The van der Waals surface area contributed by atoms with Gasteiger partial charge in [-0.1, -0.05) is 48.6 Å². The normalized spacial score (nSPS) is 19.0. The number of hydrogen-bond acceptors (Lipinski definition) is 3. The molecule has 26 heavy (non-hydrogen) atoms. The van der Waals surface area contributed by atoms with Crippen molar-refractivity contribution in [2.75, 3.05) is 6.54 Å². The molecule has 1 aromatic carbocycles. The molecule has 2 aromatic rings. The zero-order chi connectivity index (χ0) is 17.9. The van der Waals surface area contributed by atoms with Gasteiger partial charge in [-0.05, 0) is 12.0 Å². The van der Waals surface area contributed by atoms with Crippen LogP contribution in [0, 0.1) is 0 Å². The topological polar surface area (TPSA) is 47.4 Å². The zero-order valence-corrected chi connectivity index (χ0v) is 15.1. The van der Waals surface area contributed by atoms with E-state index < -0.39 is 0 Å². The van der Waals surface area contributed by atoms with Crippen molar-refractivity contribution in [2.24, 2.45) is 0 Å². The second-order valence-electron chi connectivity index (χ2n) is 6.47. The summed E-state index contributed by atoms with van der Waals surface area (Å²) < 4.78 is 7.72. The van der Waals surface area contributed by atoms with E-state index in [2.05, 4.69) is 5.10 Å². The van der Waals surface area contributed by atoms with Crippen molar-refractivity contribution >= 4 is 17.5 Å². The first-order valence-electron chi connectivity index (χ1n) is 8.74. The number of rotatable bonds is 4. The Morgan fingerprint density at radius 3 is 2.88 bits per heavy atom. The van der Waals surface area contributed by atoms with Gasteiger partial charge in [0.05, 0.1) is 24.2 Å². The van der Waals surface area contributed by atoms with E-state index in [0.717, 1.165) is 16.8 Å². The molecule has 2 heterocycles. The second kappa shape index (κ2) is 7.38. The van der Waals surface area contributed by atoms with Crippen molar-refractivity contribution in [3.05, 3.63) is 71.5 Å². The van der Waals surface area contributed by atoms with Gasteiger partial charge >= 0.3 is 0 Å². The van der Waals surface area contributed by atoms with Gasteiger partial charge in [0, 0.05) is 18.2 Å². The predicted molar refractivity (Wildman–Crippen MR) is 99.9 cm³/mol. The van der Waals surface area contributed by atoms with Gasteiger partial charge in [0.1, 0.15) is 6.61 Å². The summed E-state index contributed by atoms with van der Waals surface area (Å²) in [6.45, 7) is 2.33. The van der Waals surface area contributed by atoms with E-state index in [9.17, 15) is 4.79 Å². The summed E-state index contributed by atoms with van der Waals surface area (Å²) in [7, 11) is 0. The van der Waals surface area contributed by atoms with Crippen LogP contribution in [-0.4, -0.2) is 32.5 Å². The van der Waals surface area contributed by atoms with Crippen molar-refractivity contribution in [1.82, 2.24) is 14.7 Å². The molecule has 6 heteroatoms. The van der Waals surface area contributed by atoms with Crippen LogP contribution in [0.1, 0.15) is 17.7 Å². The van der Waals surface area contributed by atoms with Crippen LogP contribution in [0.2, 0.25) is 0 Å². The van der Waals surface area contributed by atoms with Crippen LogP contribution in [0.15, 0.2) is 60.2 Å². The molecule has 0 bridgehead atoms. The highest BCUT2D eigenvalue weighted by Gasteiger charge is 2.25. The number of hydrogen-bond donors (Lipinski definition) is 0. The summed E-state index contributed by atoms with van der Waals surface area (Å²) >= 11 is 6.03. The number of carbonyl (C=O) groups is 1. The lowest BCUT2D eigenvalue weighted by Crippen LogP contribution is -2.39. The summed E-state index contributed by atoms with van der Waals surface area (Å²) in [4.78, 5) is 14.5. The summed E-state index contributed by atoms with van der Waals surface area (Å²) in [5.74, 6) is 0.643. The molecule has 1 aliphatic carbocycles. The van der Waals surface area contributed by atoms with Crippen LogP contribution in [0.3, 0.4) is 0 Å². The highest BCUT2D eigenvalue weighted by Crippen LogP contribution is 2.22. The maximum atomic E-state index is 12.7. The number of halogens is 1. The van der Waals surface area contributed by atoms with Gasteiger partial charge in [0.25, 0.3) is 5.91 Å². The number of alkyl halides is 1. The van der Waals surface area contributed by atoms with E-state index in [4.69, 9.17) is 16.3 Å². The van der Waals surface area contributed by atoms with Crippen molar-refractivity contribution in [3.63, 3.8) is 0 Å². The van der Waals surface area contributed by atoms with Crippen LogP contribution < -0.4 is 4.74 Å². The average molecular weight is 370 g/mol. The Hall–Kier alpha value is -2.53. The Kier molecular flexibility index (Phi) is 4.80. The van der Waals surface area contributed by atoms with Crippen LogP contribution in [0.25, 0.3) is 0 Å². The molecule has 0 saturated heterocycles. The van der Waals surface area contributed by atoms with Crippen molar-refractivity contribution in [2.45, 2.75) is 31.5 Å². The molecule has 1 atom stereocenters. The van der Waals surface area contributed by atoms with Gasteiger partial charge in [-0.3, -0.25) is 9.48 Å². The van der Waals surface area contributed by atoms with Crippen LogP contribution >= 0.6 is 11.6 Å².